The van der Waals surface area contributed by atoms with Gasteiger partial charge in [-0.3, -0.25) is 19.2 Å². The first-order valence-electron chi connectivity index (χ1n) is 20.6. The minimum Gasteiger partial charge on any atom is -0.384 e. The molecule has 58 heavy (non-hydrogen) atoms. The predicted octanol–water partition coefficient (Wildman–Crippen LogP) is 3.03. The Morgan fingerprint density at radius 1 is 0.966 bits per heavy atom. The number of nitrogens with two attached hydrogens (primary N) is 1. The van der Waals surface area contributed by atoms with Crippen molar-refractivity contribution in [1.29, 1.82) is 0 Å². The maximum atomic E-state index is 14.9. The van der Waals surface area contributed by atoms with Crippen molar-refractivity contribution in [2.24, 2.45) is 17.6 Å². The molecule has 3 aromatic rings. The highest BCUT2D eigenvalue weighted by Crippen LogP contribution is 2.34. The van der Waals surface area contributed by atoms with Gasteiger partial charge in [-0.15, -0.1) is 5.10 Å². The number of benzene rings is 2. The highest BCUT2D eigenvalue weighted by molar-refractivity contribution is 6.01. The SMILES string of the molecule is CC(C)CNC(=O)NCCCCC(NC(=O)[C@@H]1C[C@H](n2nncc2C(C)(C)O)CN1C(=O)[C@@H](CC1CCCCC1)NC(=O)c1ccc2ccccc2c1)C(O)C(N)=O. The summed E-state index contributed by atoms with van der Waals surface area (Å²) in [6.07, 6.45) is 6.26. The Hall–Kier alpha value is -5.09. The molecule has 2 unspecified atom stereocenters. The predicted molar refractivity (Wildman–Crippen MR) is 218 cm³/mol. The number of primary amides is 1. The second-order valence-corrected chi connectivity index (χ2v) is 16.8. The van der Waals surface area contributed by atoms with Crippen molar-refractivity contribution in [2.45, 2.75) is 128 Å². The highest BCUT2D eigenvalue weighted by Gasteiger charge is 2.45. The molecule has 2 heterocycles. The number of likely N-dealkylation sites (tertiary alicyclic amines) is 1. The fourth-order valence-electron chi connectivity index (χ4n) is 8.02. The third-order valence-corrected chi connectivity index (χ3v) is 11.2. The Balaban J connectivity index is 1.39. The smallest absolute Gasteiger partial charge is 0.314 e. The van der Waals surface area contributed by atoms with E-state index in [-0.39, 0.29) is 31.3 Å². The number of fused-ring (bicyclic) bond motifs is 1. The molecule has 0 bridgehead atoms. The summed E-state index contributed by atoms with van der Waals surface area (Å²) in [5, 5.41) is 43.3. The molecule has 6 amide bonds. The highest BCUT2D eigenvalue weighted by atomic mass is 16.3. The van der Waals surface area contributed by atoms with Crippen LogP contribution in [-0.2, 0) is 20.0 Å². The number of urea groups is 1. The van der Waals surface area contributed by atoms with Crippen molar-refractivity contribution in [3.05, 3.63) is 59.9 Å². The number of unbranched alkanes of at least 4 members (excludes halogenated alkanes) is 1. The molecule has 1 saturated carbocycles. The topological polar surface area (TPSA) is 234 Å². The van der Waals surface area contributed by atoms with Crippen LogP contribution >= 0.6 is 0 Å². The van der Waals surface area contributed by atoms with E-state index in [4.69, 9.17) is 5.73 Å². The summed E-state index contributed by atoms with van der Waals surface area (Å²) in [5.74, 6) is -2.00. The molecule has 0 radical (unpaired) electrons. The lowest BCUT2D eigenvalue weighted by molar-refractivity contribution is -0.141. The monoisotopic (exact) mass is 803 g/mol. The maximum Gasteiger partial charge on any atom is 0.314 e. The van der Waals surface area contributed by atoms with Crippen LogP contribution in [0.1, 0.15) is 114 Å². The van der Waals surface area contributed by atoms with E-state index in [1.54, 1.807) is 26.0 Å². The number of aromatic nitrogens is 3. The van der Waals surface area contributed by atoms with E-state index in [9.17, 15) is 34.2 Å². The molecular weight excluding hydrogens is 743 g/mol. The van der Waals surface area contributed by atoms with Gasteiger partial charge in [0.15, 0.2) is 6.10 Å². The van der Waals surface area contributed by atoms with Gasteiger partial charge < -0.3 is 42.1 Å². The average molecular weight is 804 g/mol. The number of rotatable bonds is 18. The van der Waals surface area contributed by atoms with Gasteiger partial charge in [-0.2, -0.15) is 0 Å². The van der Waals surface area contributed by atoms with Gasteiger partial charge in [-0.1, -0.05) is 81.5 Å². The van der Waals surface area contributed by atoms with Crippen molar-refractivity contribution in [2.75, 3.05) is 19.6 Å². The molecule has 16 nitrogen and oxygen atoms in total. The average Bonchev–Trinajstić information content (AvgIpc) is 3.88. The number of hydrogen-bond acceptors (Lipinski definition) is 9. The second-order valence-electron chi connectivity index (χ2n) is 16.8. The van der Waals surface area contributed by atoms with E-state index in [1.165, 1.54) is 15.8 Å². The van der Waals surface area contributed by atoms with Crippen LogP contribution in [0.5, 0.6) is 0 Å². The van der Waals surface area contributed by atoms with E-state index >= 15 is 0 Å². The Morgan fingerprint density at radius 2 is 1.69 bits per heavy atom. The standard InChI is InChI=1S/C42H61N9O7/c1-26(2)23-45-41(57)44-19-11-10-16-32(36(52)37(43)53)47-39(55)34-22-31(51-35(24-46-49-51)42(3,4)58)25-50(34)40(56)33(20-27-12-6-5-7-13-27)48-38(54)30-18-17-28-14-8-9-15-29(28)21-30/h8-9,14-15,17-18,21,24,26-27,31-34,36,52,58H,5-7,10-13,16,19-20,22-23,25H2,1-4H3,(H2,43,53)(H,47,55)(H,48,54)(H2,44,45,57)/t31-,32?,33+,34-,36?/m0/s1. The number of nitrogens with one attached hydrogen (secondary N) is 4. The van der Waals surface area contributed by atoms with E-state index in [2.05, 4.69) is 31.6 Å². The van der Waals surface area contributed by atoms with E-state index < -0.39 is 59.5 Å². The zero-order valence-electron chi connectivity index (χ0n) is 34.2. The number of aliphatic hydroxyl groups is 2. The minimum absolute atomic E-state index is 0.0178. The molecule has 0 spiro atoms. The van der Waals surface area contributed by atoms with Crippen LogP contribution < -0.4 is 27.0 Å². The summed E-state index contributed by atoms with van der Waals surface area (Å²) >= 11 is 0. The molecule has 5 rings (SSSR count). The molecule has 1 aromatic heterocycles. The fraction of sp³-hybridized carbons (Fsp3) is 0.595. The Bertz CT molecular complexity index is 1890. The van der Waals surface area contributed by atoms with E-state index in [0.29, 0.717) is 49.5 Å². The van der Waals surface area contributed by atoms with Crippen LogP contribution in [0.25, 0.3) is 10.8 Å². The molecule has 1 aliphatic heterocycles. The van der Waals surface area contributed by atoms with Crippen molar-refractivity contribution in [3.63, 3.8) is 0 Å². The quantitative estimate of drug-likeness (QED) is 0.0936. The van der Waals surface area contributed by atoms with Crippen molar-refractivity contribution >= 4 is 40.4 Å². The van der Waals surface area contributed by atoms with Crippen molar-refractivity contribution in [1.82, 2.24) is 41.2 Å². The van der Waals surface area contributed by atoms with Crippen molar-refractivity contribution in [3.8, 4) is 0 Å². The first-order chi connectivity index (χ1) is 27.6. The molecule has 2 aromatic carbocycles. The summed E-state index contributed by atoms with van der Waals surface area (Å²) in [6, 6.07) is 9.06. The first kappa shape index (κ1) is 44.0. The molecule has 16 heteroatoms. The lowest BCUT2D eigenvalue weighted by atomic mass is 9.84. The van der Waals surface area contributed by atoms with Gasteiger partial charge >= 0.3 is 6.03 Å². The molecule has 1 aliphatic carbocycles. The van der Waals surface area contributed by atoms with Crippen LogP contribution in [0.4, 0.5) is 4.79 Å². The Kier molecular flexibility index (Phi) is 15.2. The molecule has 2 fully saturated rings. The second kappa shape index (κ2) is 20.1. The molecule has 1 saturated heterocycles. The van der Waals surface area contributed by atoms with E-state index in [1.807, 2.05) is 44.2 Å². The van der Waals surface area contributed by atoms with Crippen LogP contribution in [0.3, 0.4) is 0 Å². The largest absolute Gasteiger partial charge is 0.384 e. The van der Waals surface area contributed by atoms with Crippen LogP contribution in [0.15, 0.2) is 48.7 Å². The number of aliphatic hydroxyl groups excluding tert-OH is 1. The third-order valence-electron chi connectivity index (χ3n) is 11.2. The Labute approximate surface area is 340 Å². The molecule has 8 N–H and O–H groups in total. The van der Waals surface area contributed by atoms with Gasteiger partial charge in [0, 0.05) is 31.6 Å². The lowest BCUT2D eigenvalue weighted by Gasteiger charge is -2.32. The molecule has 5 atom stereocenters. The van der Waals surface area contributed by atoms with Crippen molar-refractivity contribution < 1.29 is 34.2 Å². The van der Waals surface area contributed by atoms with Crippen LogP contribution in [0.2, 0.25) is 0 Å². The molecule has 316 valence electrons. The zero-order valence-corrected chi connectivity index (χ0v) is 34.2. The van der Waals surface area contributed by atoms with E-state index in [0.717, 1.165) is 42.9 Å². The number of amides is 6. The van der Waals surface area contributed by atoms with Gasteiger partial charge in [0.05, 0.1) is 24.0 Å². The fourth-order valence-corrected chi connectivity index (χ4v) is 8.02. The maximum absolute atomic E-state index is 14.9. The first-order valence-corrected chi connectivity index (χ1v) is 20.6. The van der Waals surface area contributed by atoms with Gasteiger partial charge in [0.1, 0.15) is 17.7 Å². The normalized spacial score (nSPS) is 19.1. The minimum atomic E-state index is -1.72. The summed E-state index contributed by atoms with van der Waals surface area (Å²) in [5.41, 5.74) is 4.97. The summed E-state index contributed by atoms with van der Waals surface area (Å²) in [6.45, 7) is 8.04. The van der Waals surface area contributed by atoms with Crippen LogP contribution in [-0.4, -0.2) is 104 Å². The zero-order chi connectivity index (χ0) is 42.0. The van der Waals surface area contributed by atoms with Gasteiger partial charge in [-0.25, -0.2) is 9.48 Å². The number of carbonyl (C=O) groups is 5. The van der Waals surface area contributed by atoms with Gasteiger partial charge in [0.2, 0.25) is 17.7 Å². The molecular formula is C42H61N9O7. The third kappa shape index (κ3) is 11.7. The number of carbonyl (C=O) groups excluding carboxylic acids is 5. The molecule has 2 aliphatic rings. The Morgan fingerprint density at radius 3 is 2.38 bits per heavy atom. The lowest BCUT2D eigenvalue weighted by Crippen LogP contribution is -2.57. The summed E-state index contributed by atoms with van der Waals surface area (Å²) < 4.78 is 1.53. The number of nitrogens with zero attached hydrogens (tertiary/aromatic N) is 4. The van der Waals surface area contributed by atoms with Gasteiger partial charge in [0.25, 0.3) is 5.91 Å². The van der Waals surface area contributed by atoms with Gasteiger partial charge in [-0.05, 0) is 74.3 Å². The van der Waals surface area contributed by atoms with Crippen LogP contribution in [0, 0.1) is 11.8 Å². The summed E-state index contributed by atoms with van der Waals surface area (Å²) in [4.78, 5) is 68.9. The number of hydrogen-bond donors (Lipinski definition) is 7. The summed E-state index contributed by atoms with van der Waals surface area (Å²) in [7, 11) is 0.